The van der Waals surface area contributed by atoms with Gasteiger partial charge < -0.3 is 9.53 Å². The van der Waals surface area contributed by atoms with E-state index in [2.05, 4.69) is 54.6 Å². The first-order chi connectivity index (χ1) is 10.2. The summed E-state index contributed by atoms with van der Waals surface area (Å²) in [6, 6.07) is 0. The highest BCUT2D eigenvalue weighted by molar-refractivity contribution is 6.74. The van der Waals surface area contributed by atoms with E-state index in [1.807, 2.05) is 0 Å². The zero-order valence-corrected chi connectivity index (χ0v) is 17.7. The number of hydrogen-bond acceptors (Lipinski definition) is 2. The molecular weight excluding hydrogens is 300 g/mol. The van der Waals surface area contributed by atoms with Crippen LogP contribution in [0.2, 0.25) is 18.1 Å². The Balaban J connectivity index is 1.89. The molecule has 0 heterocycles. The van der Waals surface area contributed by atoms with Gasteiger partial charge in [0.2, 0.25) is 0 Å². The van der Waals surface area contributed by atoms with Gasteiger partial charge in [0.05, 0.1) is 6.10 Å². The van der Waals surface area contributed by atoms with Crippen LogP contribution in [0.5, 0.6) is 0 Å². The highest BCUT2D eigenvalue weighted by Gasteiger charge is 2.85. The number of aliphatic hydroxyl groups is 1. The van der Waals surface area contributed by atoms with Gasteiger partial charge in [0.1, 0.15) is 0 Å². The molecule has 0 aromatic heterocycles. The summed E-state index contributed by atoms with van der Waals surface area (Å²) in [5, 5.41) is 11.3. The smallest absolute Gasteiger partial charge is 0.192 e. The third kappa shape index (κ3) is 2.05. The van der Waals surface area contributed by atoms with Gasteiger partial charge in [0.25, 0.3) is 0 Å². The van der Waals surface area contributed by atoms with Gasteiger partial charge in [0, 0.05) is 12.0 Å². The van der Waals surface area contributed by atoms with Gasteiger partial charge in [-0.2, -0.15) is 0 Å². The SMILES string of the molecule is CC1(C)CCC[C@]2(C)C[C@H](O)[C@@]3(CO[Si](C)(C)C(C)(C)C)C[C@@]123. The van der Waals surface area contributed by atoms with Crippen molar-refractivity contribution in [2.24, 2.45) is 21.7 Å². The van der Waals surface area contributed by atoms with Gasteiger partial charge in [0.15, 0.2) is 8.32 Å². The van der Waals surface area contributed by atoms with E-state index in [4.69, 9.17) is 4.43 Å². The molecule has 3 saturated carbocycles. The Morgan fingerprint density at radius 1 is 1.13 bits per heavy atom. The van der Waals surface area contributed by atoms with E-state index >= 15 is 0 Å². The lowest BCUT2D eigenvalue weighted by molar-refractivity contribution is -0.0304. The summed E-state index contributed by atoms with van der Waals surface area (Å²) in [4.78, 5) is 0. The molecule has 134 valence electrons. The van der Waals surface area contributed by atoms with Crippen molar-refractivity contribution >= 4 is 8.32 Å². The zero-order chi connectivity index (χ0) is 17.5. The lowest BCUT2D eigenvalue weighted by atomic mass is 9.53. The van der Waals surface area contributed by atoms with Crippen molar-refractivity contribution in [1.82, 2.24) is 0 Å². The van der Waals surface area contributed by atoms with Crippen LogP contribution in [-0.2, 0) is 4.43 Å². The van der Waals surface area contributed by atoms with Crippen molar-refractivity contribution in [2.45, 2.75) is 97.9 Å². The van der Waals surface area contributed by atoms with Crippen molar-refractivity contribution in [1.29, 1.82) is 0 Å². The van der Waals surface area contributed by atoms with Gasteiger partial charge >= 0.3 is 0 Å². The largest absolute Gasteiger partial charge is 0.416 e. The molecule has 0 radical (unpaired) electrons. The van der Waals surface area contributed by atoms with E-state index in [0.717, 1.165) is 13.0 Å². The van der Waals surface area contributed by atoms with Gasteiger partial charge in [-0.3, -0.25) is 0 Å². The Bertz CT molecular complexity index is 506. The summed E-state index contributed by atoms with van der Waals surface area (Å²) >= 11 is 0. The topological polar surface area (TPSA) is 29.5 Å². The van der Waals surface area contributed by atoms with Crippen molar-refractivity contribution in [2.75, 3.05) is 6.61 Å². The maximum Gasteiger partial charge on any atom is 0.192 e. The number of rotatable bonds is 3. The average Bonchev–Trinajstić information content (AvgIpc) is 3.01. The molecule has 0 aromatic carbocycles. The van der Waals surface area contributed by atoms with Gasteiger partial charge in [-0.1, -0.05) is 48.0 Å². The van der Waals surface area contributed by atoms with Crippen molar-refractivity contribution in [3.63, 3.8) is 0 Å². The Kier molecular flexibility index (Phi) is 3.62. The highest BCUT2D eigenvalue weighted by Crippen LogP contribution is 2.88. The van der Waals surface area contributed by atoms with Gasteiger partial charge in [-0.05, 0) is 60.1 Å². The van der Waals surface area contributed by atoms with E-state index in [1.54, 1.807) is 0 Å². The molecule has 0 aliphatic heterocycles. The quantitative estimate of drug-likeness (QED) is 0.701. The van der Waals surface area contributed by atoms with Crippen LogP contribution in [-0.4, -0.2) is 26.1 Å². The summed E-state index contributed by atoms with van der Waals surface area (Å²) in [6.07, 6.45) is 5.90. The van der Waals surface area contributed by atoms with Crippen LogP contribution in [0.3, 0.4) is 0 Å². The molecule has 3 heteroatoms. The fourth-order valence-corrected chi connectivity index (χ4v) is 7.47. The molecule has 0 bridgehead atoms. The molecule has 23 heavy (non-hydrogen) atoms. The predicted molar refractivity (Wildman–Crippen MR) is 99.0 cm³/mol. The molecule has 3 rings (SSSR count). The zero-order valence-electron chi connectivity index (χ0n) is 16.7. The maximum absolute atomic E-state index is 11.0. The second kappa shape index (κ2) is 4.65. The first-order valence-corrected chi connectivity index (χ1v) is 12.5. The molecular formula is C20H38O2Si. The minimum absolute atomic E-state index is 0.0290. The van der Waals surface area contributed by atoms with Crippen LogP contribution in [0, 0.1) is 21.7 Å². The van der Waals surface area contributed by atoms with Crippen LogP contribution in [0.4, 0.5) is 0 Å². The van der Waals surface area contributed by atoms with E-state index in [0.29, 0.717) is 16.2 Å². The average molecular weight is 339 g/mol. The molecule has 0 amide bonds. The highest BCUT2D eigenvalue weighted by atomic mass is 28.4. The molecule has 3 aliphatic rings. The molecule has 1 N–H and O–H groups in total. The Morgan fingerprint density at radius 2 is 1.74 bits per heavy atom. The second-order valence-corrected chi connectivity index (χ2v) is 16.1. The van der Waals surface area contributed by atoms with E-state index in [-0.39, 0.29) is 16.6 Å². The third-order valence-electron chi connectivity index (χ3n) is 8.80. The standard InChI is InChI=1S/C20H38O2Si/c1-16(2,3)23(7,8)22-14-19-13-20(19)17(4,5)10-9-11-18(20,6)12-15(19)21/h15,21H,9-14H2,1-8H3/t15-,18+,19-,20+/m0/s1. The van der Waals surface area contributed by atoms with Crippen LogP contribution in [0.25, 0.3) is 0 Å². The van der Waals surface area contributed by atoms with E-state index in [1.165, 1.54) is 25.7 Å². The van der Waals surface area contributed by atoms with Crippen molar-refractivity contribution < 1.29 is 9.53 Å². The summed E-state index contributed by atoms with van der Waals surface area (Å²) in [6.45, 7) is 19.7. The minimum Gasteiger partial charge on any atom is -0.416 e. The van der Waals surface area contributed by atoms with Crippen LogP contribution < -0.4 is 0 Å². The van der Waals surface area contributed by atoms with E-state index in [9.17, 15) is 5.11 Å². The molecule has 0 saturated heterocycles. The first kappa shape index (κ1) is 17.9. The molecule has 3 fully saturated rings. The minimum atomic E-state index is -1.76. The molecule has 4 atom stereocenters. The summed E-state index contributed by atoms with van der Waals surface area (Å²) in [5.41, 5.74) is 0.966. The molecule has 0 unspecified atom stereocenters. The monoisotopic (exact) mass is 338 g/mol. The molecule has 1 spiro atoms. The van der Waals surface area contributed by atoms with Crippen LogP contribution >= 0.6 is 0 Å². The number of aliphatic hydroxyl groups excluding tert-OH is 1. The molecule has 3 aliphatic carbocycles. The van der Waals surface area contributed by atoms with Gasteiger partial charge in [-0.25, -0.2) is 0 Å². The predicted octanol–water partition coefficient (Wildman–Crippen LogP) is 5.37. The summed E-state index contributed by atoms with van der Waals surface area (Å²) in [5.74, 6) is 0. The summed E-state index contributed by atoms with van der Waals surface area (Å²) < 4.78 is 6.65. The van der Waals surface area contributed by atoms with Crippen molar-refractivity contribution in [3.8, 4) is 0 Å². The lowest BCUT2D eigenvalue weighted by Gasteiger charge is -2.51. The summed E-state index contributed by atoms with van der Waals surface area (Å²) in [7, 11) is -1.76. The fraction of sp³-hybridized carbons (Fsp3) is 1.00. The maximum atomic E-state index is 11.0. The Hall–Kier alpha value is 0.137. The first-order valence-electron chi connectivity index (χ1n) is 9.57. The number of hydrogen-bond donors (Lipinski definition) is 1. The van der Waals surface area contributed by atoms with Crippen LogP contribution in [0.1, 0.15) is 73.6 Å². The Labute approximate surface area is 144 Å². The van der Waals surface area contributed by atoms with Crippen molar-refractivity contribution in [3.05, 3.63) is 0 Å². The second-order valence-electron chi connectivity index (χ2n) is 11.3. The molecule has 2 nitrogen and oxygen atoms in total. The van der Waals surface area contributed by atoms with E-state index < -0.39 is 8.32 Å². The Morgan fingerprint density at radius 3 is 2.30 bits per heavy atom. The third-order valence-corrected chi connectivity index (χ3v) is 13.3. The van der Waals surface area contributed by atoms with Crippen LogP contribution in [0.15, 0.2) is 0 Å². The fourth-order valence-electron chi connectivity index (χ4n) is 6.42. The lowest BCUT2D eigenvalue weighted by Crippen LogP contribution is -2.46. The van der Waals surface area contributed by atoms with Gasteiger partial charge in [-0.15, -0.1) is 0 Å². The normalized spacial score (nSPS) is 45.5. The molecule has 0 aromatic rings.